The zero-order valence-corrected chi connectivity index (χ0v) is 12.4. The lowest BCUT2D eigenvalue weighted by molar-refractivity contribution is -0.136. The highest BCUT2D eigenvalue weighted by Gasteiger charge is 2.30. The van der Waals surface area contributed by atoms with Crippen molar-refractivity contribution in [2.24, 2.45) is 0 Å². The van der Waals surface area contributed by atoms with E-state index in [1.165, 1.54) is 27.2 Å². The third-order valence-corrected chi connectivity index (χ3v) is 5.03. The summed E-state index contributed by atoms with van der Waals surface area (Å²) in [6.45, 7) is 1.53. The summed E-state index contributed by atoms with van der Waals surface area (Å²) in [5, 5.41) is 7.55. The van der Waals surface area contributed by atoms with E-state index >= 15 is 0 Å². The molecule has 0 aliphatic heterocycles. The third kappa shape index (κ3) is 3.63. The first-order valence-electron chi connectivity index (χ1n) is 6.01. The molecule has 1 aromatic carbocycles. The summed E-state index contributed by atoms with van der Waals surface area (Å²) in [5.74, 6) is -0.784. The van der Waals surface area contributed by atoms with E-state index in [1.54, 1.807) is 12.1 Å². The molecule has 1 unspecified atom stereocenters. The summed E-state index contributed by atoms with van der Waals surface area (Å²) in [5.41, 5.74) is 0.461. The van der Waals surface area contributed by atoms with Crippen LogP contribution in [0.25, 0.3) is 0 Å². The van der Waals surface area contributed by atoms with Crippen LogP contribution in [0, 0.1) is 0 Å². The molecule has 0 radical (unpaired) electrons. The van der Waals surface area contributed by atoms with Gasteiger partial charge in [-0.05, 0) is 24.1 Å². The van der Waals surface area contributed by atoms with E-state index in [9.17, 15) is 13.2 Å². The molecule has 0 fully saturated rings. The smallest absolute Gasteiger partial charge is 0.321 e. The number of sulfone groups is 1. The molecule has 0 bridgehead atoms. The number of hydrogen-bond acceptors (Lipinski definition) is 5. The third-order valence-electron chi connectivity index (χ3n) is 2.90. The fourth-order valence-corrected chi connectivity index (χ4v) is 3.55. The molecule has 1 rings (SSSR count). The first-order chi connectivity index (χ1) is 9.35. The zero-order valence-electron chi connectivity index (χ0n) is 11.6. The van der Waals surface area contributed by atoms with E-state index in [0.29, 0.717) is 17.1 Å². The van der Waals surface area contributed by atoms with Gasteiger partial charge in [-0.2, -0.15) is 0 Å². The Morgan fingerprint density at radius 3 is 2.30 bits per heavy atom. The molecule has 6 nitrogen and oxygen atoms in total. The number of hydrogen-bond donors (Lipinski definition) is 1. The molecule has 1 atom stereocenters. The van der Waals surface area contributed by atoms with Crippen molar-refractivity contribution < 1.29 is 27.8 Å². The SMILES string of the molecule is CCC(C(=O)O)S(=O)(=O)Cc1ccc(OC)c(OC)c1. The first-order valence-corrected chi connectivity index (χ1v) is 7.72. The monoisotopic (exact) mass is 302 g/mol. The summed E-state index contributed by atoms with van der Waals surface area (Å²) in [4.78, 5) is 11.0. The second kappa shape index (κ2) is 6.60. The topological polar surface area (TPSA) is 89.9 Å². The number of aliphatic carboxylic acids is 1. The van der Waals surface area contributed by atoms with Gasteiger partial charge >= 0.3 is 5.97 Å². The van der Waals surface area contributed by atoms with Crippen LogP contribution < -0.4 is 9.47 Å². The summed E-state index contributed by atoms with van der Waals surface area (Å²) in [6, 6.07) is 4.70. The van der Waals surface area contributed by atoms with E-state index in [0.717, 1.165) is 0 Å². The zero-order chi connectivity index (χ0) is 15.3. The average molecular weight is 302 g/mol. The number of ether oxygens (including phenoxy) is 2. The Morgan fingerprint density at radius 2 is 1.85 bits per heavy atom. The summed E-state index contributed by atoms with van der Waals surface area (Å²) in [7, 11) is -0.841. The fraction of sp³-hybridized carbons (Fsp3) is 0.462. The van der Waals surface area contributed by atoms with Gasteiger partial charge < -0.3 is 14.6 Å². The normalized spacial score (nSPS) is 12.8. The Bertz CT molecular complexity index is 579. The van der Waals surface area contributed by atoms with E-state index in [-0.39, 0.29) is 12.2 Å². The van der Waals surface area contributed by atoms with Gasteiger partial charge in [-0.15, -0.1) is 0 Å². The Morgan fingerprint density at radius 1 is 1.25 bits per heavy atom. The van der Waals surface area contributed by atoms with Crippen molar-refractivity contribution in [3.05, 3.63) is 23.8 Å². The Hall–Kier alpha value is -1.76. The Kier molecular flexibility index (Phi) is 5.38. The van der Waals surface area contributed by atoms with Crippen LogP contribution in [0.4, 0.5) is 0 Å². The van der Waals surface area contributed by atoms with Gasteiger partial charge in [0, 0.05) is 0 Å². The van der Waals surface area contributed by atoms with Gasteiger partial charge in [0.25, 0.3) is 0 Å². The maximum absolute atomic E-state index is 12.1. The highest BCUT2D eigenvalue weighted by molar-refractivity contribution is 7.92. The number of carbonyl (C=O) groups is 1. The molecular weight excluding hydrogens is 284 g/mol. The highest BCUT2D eigenvalue weighted by atomic mass is 32.2. The van der Waals surface area contributed by atoms with E-state index in [4.69, 9.17) is 14.6 Å². The van der Waals surface area contributed by atoms with Crippen LogP contribution in [0.15, 0.2) is 18.2 Å². The summed E-state index contributed by atoms with van der Waals surface area (Å²) < 4.78 is 34.3. The highest BCUT2D eigenvalue weighted by Crippen LogP contribution is 2.28. The van der Waals surface area contributed by atoms with Gasteiger partial charge in [-0.3, -0.25) is 4.79 Å². The largest absolute Gasteiger partial charge is 0.493 e. The minimum absolute atomic E-state index is 0.0327. The van der Waals surface area contributed by atoms with Gasteiger partial charge in [0.1, 0.15) is 0 Å². The van der Waals surface area contributed by atoms with Gasteiger partial charge in [0.05, 0.1) is 20.0 Å². The predicted molar refractivity (Wildman–Crippen MR) is 73.9 cm³/mol. The molecule has 20 heavy (non-hydrogen) atoms. The lowest BCUT2D eigenvalue weighted by Gasteiger charge is -2.13. The fourth-order valence-electron chi connectivity index (χ4n) is 1.89. The van der Waals surface area contributed by atoms with E-state index < -0.39 is 21.1 Å². The number of carboxylic acids is 1. The van der Waals surface area contributed by atoms with Gasteiger partial charge in [-0.1, -0.05) is 13.0 Å². The van der Waals surface area contributed by atoms with Gasteiger partial charge in [-0.25, -0.2) is 8.42 Å². The number of methoxy groups -OCH3 is 2. The van der Waals surface area contributed by atoms with Crippen molar-refractivity contribution >= 4 is 15.8 Å². The molecule has 1 aromatic rings. The number of benzene rings is 1. The lowest BCUT2D eigenvalue weighted by atomic mass is 10.2. The van der Waals surface area contributed by atoms with Crippen molar-refractivity contribution in [1.29, 1.82) is 0 Å². The van der Waals surface area contributed by atoms with Crippen molar-refractivity contribution in [3.8, 4) is 11.5 Å². The van der Waals surface area contributed by atoms with Crippen LogP contribution in [0.3, 0.4) is 0 Å². The van der Waals surface area contributed by atoms with Crippen LogP contribution in [-0.2, 0) is 20.4 Å². The predicted octanol–water partition coefficient (Wildman–Crippen LogP) is 1.48. The van der Waals surface area contributed by atoms with Crippen molar-refractivity contribution in [2.75, 3.05) is 14.2 Å². The molecule has 0 saturated heterocycles. The molecule has 0 spiro atoms. The molecule has 0 amide bonds. The Balaban J connectivity index is 3.06. The molecule has 0 aliphatic rings. The van der Waals surface area contributed by atoms with Gasteiger partial charge in [0.15, 0.2) is 26.6 Å². The average Bonchev–Trinajstić information content (AvgIpc) is 2.37. The Labute approximate surface area is 118 Å². The maximum atomic E-state index is 12.1. The molecule has 0 aromatic heterocycles. The molecule has 0 saturated carbocycles. The number of carboxylic acid groups (broad SMARTS) is 1. The van der Waals surface area contributed by atoms with Crippen molar-refractivity contribution in [1.82, 2.24) is 0 Å². The molecule has 112 valence electrons. The standard InChI is InChI=1S/C13H18O6S/c1-4-12(13(14)15)20(16,17)8-9-5-6-10(18-2)11(7-9)19-3/h5-7,12H,4,8H2,1-3H3,(H,14,15). The summed E-state index contributed by atoms with van der Waals surface area (Å²) in [6.07, 6.45) is 0.0327. The quantitative estimate of drug-likeness (QED) is 0.820. The van der Waals surface area contributed by atoms with Gasteiger partial charge in [0.2, 0.25) is 0 Å². The molecule has 0 aliphatic carbocycles. The minimum Gasteiger partial charge on any atom is -0.493 e. The van der Waals surface area contributed by atoms with Crippen molar-refractivity contribution in [2.45, 2.75) is 24.3 Å². The first kappa shape index (κ1) is 16.3. The minimum atomic E-state index is -3.77. The number of rotatable bonds is 7. The molecular formula is C13H18O6S. The van der Waals surface area contributed by atoms with Crippen LogP contribution in [0.5, 0.6) is 11.5 Å². The lowest BCUT2D eigenvalue weighted by Crippen LogP contribution is -2.30. The van der Waals surface area contributed by atoms with E-state index in [1.807, 2.05) is 0 Å². The molecule has 0 heterocycles. The van der Waals surface area contributed by atoms with Crippen LogP contribution in [-0.4, -0.2) is 39.0 Å². The molecule has 1 N–H and O–H groups in total. The van der Waals surface area contributed by atoms with Crippen molar-refractivity contribution in [3.63, 3.8) is 0 Å². The second-order valence-electron chi connectivity index (χ2n) is 4.23. The van der Waals surface area contributed by atoms with Crippen LogP contribution in [0.2, 0.25) is 0 Å². The van der Waals surface area contributed by atoms with E-state index in [2.05, 4.69) is 0 Å². The van der Waals surface area contributed by atoms with Crippen LogP contribution >= 0.6 is 0 Å². The summed E-state index contributed by atoms with van der Waals surface area (Å²) >= 11 is 0. The molecule has 7 heteroatoms. The maximum Gasteiger partial charge on any atom is 0.321 e. The van der Waals surface area contributed by atoms with Crippen LogP contribution in [0.1, 0.15) is 18.9 Å². The second-order valence-corrected chi connectivity index (χ2v) is 6.42.